The number of hydrogen-bond donors (Lipinski definition) is 2. The lowest BCUT2D eigenvalue weighted by Gasteiger charge is -2.30. The van der Waals surface area contributed by atoms with Crippen molar-refractivity contribution in [3.8, 4) is 0 Å². The van der Waals surface area contributed by atoms with Crippen molar-refractivity contribution in [1.29, 1.82) is 0 Å². The molecule has 1 fully saturated rings. The topological polar surface area (TPSA) is 67.6 Å². The number of rotatable bonds is 4. The third-order valence-electron chi connectivity index (χ3n) is 3.12. The quantitative estimate of drug-likeness (QED) is 0.864. The van der Waals surface area contributed by atoms with E-state index in [9.17, 15) is 4.79 Å². The fourth-order valence-electron chi connectivity index (χ4n) is 2.17. The van der Waals surface area contributed by atoms with Gasteiger partial charge in [0.05, 0.1) is 24.0 Å². The molecule has 0 aromatic heterocycles. The Balaban J connectivity index is 2.14. The molecule has 1 heterocycles. The number of nitrogens with two attached hydrogens (primary N) is 1. The normalized spacial score (nSPS) is 19.2. The lowest BCUT2D eigenvalue weighted by Crippen LogP contribution is -2.44. The van der Waals surface area contributed by atoms with Gasteiger partial charge in [0.15, 0.2) is 0 Å². The van der Waals surface area contributed by atoms with Crippen LogP contribution in [0.3, 0.4) is 0 Å². The zero-order chi connectivity index (χ0) is 13.8. The summed E-state index contributed by atoms with van der Waals surface area (Å²) < 4.78 is 6.59. The molecule has 104 valence electrons. The van der Waals surface area contributed by atoms with Crippen LogP contribution >= 0.6 is 15.9 Å². The van der Waals surface area contributed by atoms with E-state index in [1.807, 2.05) is 24.1 Å². The number of likely N-dealkylation sites (N-methyl/N-ethyl adjacent to an activating group) is 1. The Kier molecular flexibility index (Phi) is 4.79. The fraction of sp³-hybridized carbons (Fsp3) is 0.462. The van der Waals surface area contributed by atoms with Gasteiger partial charge in [0.2, 0.25) is 0 Å². The molecule has 6 heteroatoms. The third kappa shape index (κ3) is 3.68. The zero-order valence-corrected chi connectivity index (χ0v) is 12.4. The van der Waals surface area contributed by atoms with Gasteiger partial charge in [0, 0.05) is 31.2 Å². The fourth-order valence-corrected chi connectivity index (χ4v) is 2.52. The first-order valence-electron chi connectivity index (χ1n) is 6.20. The predicted molar refractivity (Wildman–Crippen MR) is 78.5 cm³/mol. The van der Waals surface area contributed by atoms with Crippen LogP contribution < -0.4 is 16.0 Å². The highest BCUT2D eigenvalue weighted by Crippen LogP contribution is 2.24. The van der Waals surface area contributed by atoms with E-state index in [0.29, 0.717) is 12.1 Å². The van der Waals surface area contributed by atoms with Crippen molar-refractivity contribution < 1.29 is 9.53 Å². The highest BCUT2D eigenvalue weighted by molar-refractivity contribution is 9.10. The Hall–Kier alpha value is -1.11. The molecule has 1 aliphatic heterocycles. The van der Waals surface area contributed by atoms with Crippen LogP contribution in [0.1, 0.15) is 10.4 Å². The Labute approximate surface area is 121 Å². The molecule has 0 saturated carbocycles. The number of ether oxygens (including phenoxy) is 1. The lowest BCUT2D eigenvalue weighted by molar-refractivity contribution is 0.0340. The van der Waals surface area contributed by atoms with Crippen molar-refractivity contribution in [2.45, 2.75) is 6.10 Å². The van der Waals surface area contributed by atoms with Crippen molar-refractivity contribution in [3.63, 3.8) is 0 Å². The van der Waals surface area contributed by atoms with Gasteiger partial charge >= 0.3 is 0 Å². The number of hydrogen-bond acceptors (Lipinski definition) is 4. The van der Waals surface area contributed by atoms with Gasteiger partial charge in [0.1, 0.15) is 0 Å². The molecule has 0 aliphatic carbocycles. The first kappa shape index (κ1) is 14.3. The number of nitrogens with one attached hydrogen (secondary N) is 1. The van der Waals surface area contributed by atoms with E-state index in [1.54, 1.807) is 6.07 Å². The molecule has 3 N–H and O–H groups in total. The molecule has 1 aromatic carbocycles. The maximum atomic E-state index is 11.5. The van der Waals surface area contributed by atoms with Crippen LogP contribution in [0.2, 0.25) is 0 Å². The zero-order valence-electron chi connectivity index (χ0n) is 10.9. The van der Waals surface area contributed by atoms with E-state index >= 15 is 0 Å². The lowest BCUT2D eigenvalue weighted by atomic mass is 10.1. The Bertz CT molecular complexity index is 461. The van der Waals surface area contributed by atoms with Crippen molar-refractivity contribution in [2.24, 2.45) is 5.73 Å². The number of carbonyl (C=O) groups excluding carboxylic acids is 1. The maximum Gasteiger partial charge on any atom is 0.250 e. The van der Waals surface area contributed by atoms with Crippen LogP contribution in [0.5, 0.6) is 0 Å². The van der Waals surface area contributed by atoms with Gasteiger partial charge in [-0.3, -0.25) is 4.79 Å². The van der Waals surface area contributed by atoms with Gasteiger partial charge in [-0.15, -0.1) is 0 Å². The second kappa shape index (κ2) is 6.36. The molecule has 5 nitrogen and oxygen atoms in total. The first-order chi connectivity index (χ1) is 9.08. The van der Waals surface area contributed by atoms with Gasteiger partial charge in [-0.25, -0.2) is 0 Å². The smallest absolute Gasteiger partial charge is 0.250 e. The van der Waals surface area contributed by atoms with E-state index in [1.165, 1.54) is 0 Å². The molecular formula is C13H18BrN3O2. The Morgan fingerprint density at radius 1 is 1.63 bits per heavy atom. The number of halogens is 1. The minimum Gasteiger partial charge on any atom is -0.374 e. The van der Waals surface area contributed by atoms with E-state index in [0.717, 1.165) is 29.9 Å². The number of benzene rings is 1. The predicted octanol–water partition coefficient (Wildman–Crippen LogP) is 0.973. The molecule has 1 saturated heterocycles. The molecule has 1 unspecified atom stereocenters. The highest BCUT2D eigenvalue weighted by Gasteiger charge is 2.18. The van der Waals surface area contributed by atoms with Crippen molar-refractivity contribution in [3.05, 3.63) is 28.2 Å². The molecule has 1 amide bonds. The second-order valence-electron chi connectivity index (χ2n) is 4.60. The Morgan fingerprint density at radius 2 is 2.42 bits per heavy atom. The van der Waals surface area contributed by atoms with Gasteiger partial charge in [-0.05, 0) is 18.2 Å². The number of nitrogens with zero attached hydrogens (tertiary/aromatic N) is 1. The van der Waals surface area contributed by atoms with E-state index in [2.05, 4.69) is 21.2 Å². The minimum atomic E-state index is -0.419. The maximum absolute atomic E-state index is 11.5. The summed E-state index contributed by atoms with van der Waals surface area (Å²) in [4.78, 5) is 13.5. The molecule has 0 bridgehead atoms. The molecule has 1 atom stereocenters. The van der Waals surface area contributed by atoms with Crippen LogP contribution in [0.15, 0.2) is 22.7 Å². The van der Waals surface area contributed by atoms with Gasteiger partial charge in [0.25, 0.3) is 5.91 Å². The standard InChI is InChI=1S/C13H18BrN3O2/c1-17(8-10-7-16-4-5-19-10)12-6-9(14)2-3-11(12)13(15)18/h2-3,6,10,16H,4-5,7-8H2,1H3,(H2,15,18). The molecule has 19 heavy (non-hydrogen) atoms. The number of morpholine rings is 1. The van der Waals surface area contributed by atoms with Crippen LogP contribution in [-0.2, 0) is 4.74 Å². The highest BCUT2D eigenvalue weighted by atomic mass is 79.9. The molecular weight excluding hydrogens is 310 g/mol. The first-order valence-corrected chi connectivity index (χ1v) is 7.00. The van der Waals surface area contributed by atoms with Crippen molar-refractivity contribution in [1.82, 2.24) is 5.32 Å². The van der Waals surface area contributed by atoms with Crippen LogP contribution in [-0.4, -0.2) is 45.3 Å². The summed E-state index contributed by atoms with van der Waals surface area (Å²) in [6.45, 7) is 3.15. The summed E-state index contributed by atoms with van der Waals surface area (Å²) in [6, 6.07) is 5.45. The molecule has 1 aliphatic rings. The molecule has 0 radical (unpaired) electrons. The average molecular weight is 328 g/mol. The van der Waals surface area contributed by atoms with Gasteiger partial charge < -0.3 is 20.7 Å². The van der Waals surface area contributed by atoms with Gasteiger partial charge in [-0.1, -0.05) is 15.9 Å². The SMILES string of the molecule is CN(CC1CNCCO1)c1cc(Br)ccc1C(N)=O. The second-order valence-corrected chi connectivity index (χ2v) is 5.52. The van der Waals surface area contributed by atoms with Crippen LogP contribution in [0, 0.1) is 0 Å². The summed E-state index contributed by atoms with van der Waals surface area (Å²) in [5.74, 6) is -0.419. The summed E-state index contributed by atoms with van der Waals surface area (Å²) in [7, 11) is 1.94. The summed E-state index contributed by atoms with van der Waals surface area (Å²) in [5.41, 5.74) is 6.75. The van der Waals surface area contributed by atoms with E-state index < -0.39 is 5.91 Å². The molecule has 2 rings (SSSR count). The van der Waals surface area contributed by atoms with Crippen LogP contribution in [0.25, 0.3) is 0 Å². The van der Waals surface area contributed by atoms with E-state index in [-0.39, 0.29) is 6.10 Å². The van der Waals surface area contributed by atoms with Gasteiger partial charge in [-0.2, -0.15) is 0 Å². The number of carbonyl (C=O) groups is 1. The Morgan fingerprint density at radius 3 is 3.05 bits per heavy atom. The van der Waals surface area contributed by atoms with Crippen molar-refractivity contribution in [2.75, 3.05) is 38.2 Å². The average Bonchev–Trinajstić information content (AvgIpc) is 2.39. The van der Waals surface area contributed by atoms with Crippen molar-refractivity contribution >= 4 is 27.5 Å². The monoisotopic (exact) mass is 327 g/mol. The summed E-state index contributed by atoms with van der Waals surface area (Å²) >= 11 is 3.42. The number of anilines is 1. The number of primary amides is 1. The van der Waals surface area contributed by atoms with Crippen LogP contribution in [0.4, 0.5) is 5.69 Å². The number of amides is 1. The molecule has 1 aromatic rings. The molecule has 0 spiro atoms. The third-order valence-corrected chi connectivity index (χ3v) is 3.61. The minimum absolute atomic E-state index is 0.124. The summed E-state index contributed by atoms with van der Waals surface area (Å²) in [5, 5.41) is 3.29. The van der Waals surface area contributed by atoms with E-state index in [4.69, 9.17) is 10.5 Å². The summed E-state index contributed by atoms with van der Waals surface area (Å²) in [6.07, 6.45) is 0.124. The largest absolute Gasteiger partial charge is 0.374 e.